The lowest BCUT2D eigenvalue weighted by Crippen LogP contribution is -2.15. The van der Waals surface area contributed by atoms with Crippen LogP contribution in [-0.4, -0.2) is 11.2 Å². The maximum atomic E-state index is 9.66. The average molecular weight is 287 g/mol. The highest BCUT2D eigenvalue weighted by Crippen LogP contribution is 2.30. The zero-order valence-corrected chi connectivity index (χ0v) is 11.6. The van der Waals surface area contributed by atoms with Crippen molar-refractivity contribution < 1.29 is 9.84 Å². The summed E-state index contributed by atoms with van der Waals surface area (Å²) in [6.07, 6.45) is 1.66. The number of rotatable bonds is 5. The van der Waals surface area contributed by atoms with E-state index >= 15 is 0 Å². The SMILES string of the molecule is CCC(CC)Oc1cc(Br)ccc1[C@@H](C)O. The van der Waals surface area contributed by atoms with Gasteiger partial charge >= 0.3 is 0 Å². The van der Waals surface area contributed by atoms with Crippen LogP contribution in [0.3, 0.4) is 0 Å². The summed E-state index contributed by atoms with van der Waals surface area (Å²) in [5.74, 6) is 0.776. The van der Waals surface area contributed by atoms with Crippen LogP contribution in [-0.2, 0) is 0 Å². The highest BCUT2D eigenvalue weighted by molar-refractivity contribution is 9.10. The Morgan fingerprint density at radius 3 is 2.44 bits per heavy atom. The van der Waals surface area contributed by atoms with Gasteiger partial charge in [-0.15, -0.1) is 0 Å². The molecule has 1 N–H and O–H groups in total. The normalized spacial score (nSPS) is 12.9. The van der Waals surface area contributed by atoms with Gasteiger partial charge in [-0.1, -0.05) is 35.8 Å². The van der Waals surface area contributed by atoms with Crippen molar-refractivity contribution in [1.29, 1.82) is 0 Å². The highest BCUT2D eigenvalue weighted by atomic mass is 79.9. The third-order valence-electron chi connectivity index (χ3n) is 2.63. The smallest absolute Gasteiger partial charge is 0.126 e. The van der Waals surface area contributed by atoms with Crippen molar-refractivity contribution in [2.75, 3.05) is 0 Å². The predicted molar refractivity (Wildman–Crippen MR) is 69.8 cm³/mol. The second kappa shape index (κ2) is 6.26. The molecule has 90 valence electrons. The van der Waals surface area contributed by atoms with Gasteiger partial charge in [0.15, 0.2) is 0 Å². The molecule has 0 aromatic heterocycles. The molecule has 0 spiro atoms. The second-order valence-corrected chi connectivity index (χ2v) is 4.83. The van der Waals surface area contributed by atoms with E-state index in [1.54, 1.807) is 6.92 Å². The molecule has 0 bridgehead atoms. The van der Waals surface area contributed by atoms with Gasteiger partial charge in [0.25, 0.3) is 0 Å². The van der Waals surface area contributed by atoms with Crippen LogP contribution in [0.25, 0.3) is 0 Å². The summed E-state index contributed by atoms with van der Waals surface area (Å²) < 4.78 is 6.87. The maximum absolute atomic E-state index is 9.66. The zero-order valence-electron chi connectivity index (χ0n) is 10.0. The molecule has 0 unspecified atom stereocenters. The summed E-state index contributed by atoms with van der Waals surface area (Å²) in [4.78, 5) is 0. The van der Waals surface area contributed by atoms with Crippen LogP contribution in [0.4, 0.5) is 0 Å². The lowest BCUT2D eigenvalue weighted by molar-refractivity contribution is 0.166. The molecule has 1 rings (SSSR count). The zero-order chi connectivity index (χ0) is 12.1. The molecule has 1 aromatic rings. The van der Waals surface area contributed by atoms with Crippen LogP contribution >= 0.6 is 15.9 Å². The maximum Gasteiger partial charge on any atom is 0.126 e. The Balaban J connectivity index is 2.95. The number of ether oxygens (including phenoxy) is 1. The molecule has 0 saturated carbocycles. The van der Waals surface area contributed by atoms with Crippen molar-refractivity contribution in [3.63, 3.8) is 0 Å². The Hall–Kier alpha value is -0.540. The summed E-state index contributed by atoms with van der Waals surface area (Å²) in [5.41, 5.74) is 0.843. The summed E-state index contributed by atoms with van der Waals surface area (Å²) in [6.45, 7) is 5.96. The van der Waals surface area contributed by atoms with Crippen molar-refractivity contribution in [2.24, 2.45) is 0 Å². The molecule has 2 nitrogen and oxygen atoms in total. The van der Waals surface area contributed by atoms with Crippen molar-refractivity contribution in [1.82, 2.24) is 0 Å². The molecular weight excluding hydrogens is 268 g/mol. The van der Waals surface area contributed by atoms with Gasteiger partial charge in [-0.05, 0) is 31.9 Å². The summed E-state index contributed by atoms with van der Waals surface area (Å²) in [6, 6.07) is 5.73. The van der Waals surface area contributed by atoms with Gasteiger partial charge in [0, 0.05) is 10.0 Å². The Morgan fingerprint density at radius 2 is 1.94 bits per heavy atom. The minimum atomic E-state index is -0.502. The number of halogens is 1. The fourth-order valence-electron chi connectivity index (χ4n) is 1.59. The molecule has 1 aromatic carbocycles. The highest BCUT2D eigenvalue weighted by Gasteiger charge is 2.13. The largest absolute Gasteiger partial charge is 0.490 e. The summed E-state index contributed by atoms with van der Waals surface area (Å²) in [5, 5.41) is 9.66. The topological polar surface area (TPSA) is 29.5 Å². The predicted octanol–water partition coefficient (Wildman–Crippen LogP) is 4.07. The standard InChI is InChI=1S/C13H19BrO2/c1-4-11(5-2)16-13-8-10(14)6-7-12(13)9(3)15/h6-9,11,15H,4-5H2,1-3H3/t9-/m1/s1. The molecule has 0 aliphatic heterocycles. The molecule has 0 aliphatic rings. The Kier molecular flexibility index (Phi) is 5.29. The van der Waals surface area contributed by atoms with Gasteiger partial charge in [0.05, 0.1) is 12.2 Å². The van der Waals surface area contributed by atoms with Gasteiger partial charge in [-0.3, -0.25) is 0 Å². The van der Waals surface area contributed by atoms with Crippen LogP contribution in [0.1, 0.15) is 45.3 Å². The van der Waals surface area contributed by atoms with Gasteiger partial charge < -0.3 is 9.84 Å². The first kappa shape index (κ1) is 13.5. The van der Waals surface area contributed by atoms with Gasteiger partial charge in [0.2, 0.25) is 0 Å². The average Bonchev–Trinajstić information content (AvgIpc) is 2.25. The molecule has 0 amide bonds. The first-order chi connectivity index (χ1) is 7.58. The van der Waals surface area contributed by atoms with E-state index in [1.807, 2.05) is 18.2 Å². The lowest BCUT2D eigenvalue weighted by atomic mass is 10.1. The number of hydrogen-bond donors (Lipinski definition) is 1. The first-order valence-corrected chi connectivity index (χ1v) is 6.51. The van der Waals surface area contributed by atoms with E-state index in [4.69, 9.17) is 4.74 Å². The van der Waals surface area contributed by atoms with Crippen LogP contribution in [0, 0.1) is 0 Å². The summed E-state index contributed by atoms with van der Waals surface area (Å²) >= 11 is 3.42. The van der Waals surface area contributed by atoms with E-state index in [-0.39, 0.29) is 6.10 Å². The van der Waals surface area contributed by atoms with Crippen LogP contribution < -0.4 is 4.74 Å². The molecule has 0 fully saturated rings. The van der Waals surface area contributed by atoms with E-state index in [0.29, 0.717) is 0 Å². The third-order valence-corrected chi connectivity index (χ3v) is 3.12. The lowest BCUT2D eigenvalue weighted by Gasteiger charge is -2.19. The van der Waals surface area contributed by atoms with Crippen molar-refractivity contribution in [3.05, 3.63) is 28.2 Å². The van der Waals surface area contributed by atoms with E-state index in [2.05, 4.69) is 29.8 Å². The van der Waals surface area contributed by atoms with Crippen molar-refractivity contribution in [3.8, 4) is 5.75 Å². The minimum absolute atomic E-state index is 0.215. The summed E-state index contributed by atoms with van der Waals surface area (Å²) in [7, 11) is 0. The fourth-order valence-corrected chi connectivity index (χ4v) is 1.93. The quantitative estimate of drug-likeness (QED) is 0.884. The van der Waals surface area contributed by atoms with Gasteiger partial charge in [-0.2, -0.15) is 0 Å². The molecule has 0 heterocycles. The van der Waals surface area contributed by atoms with Crippen LogP contribution in [0.2, 0.25) is 0 Å². The van der Waals surface area contributed by atoms with E-state index in [9.17, 15) is 5.11 Å². The van der Waals surface area contributed by atoms with Crippen LogP contribution in [0.5, 0.6) is 5.75 Å². The molecule has 0 saturated heterocycles. The Labute approximate surface area is 106 Å². The van der Waals surface area contributed by atoms with E-state index < -0.39 is 6.10 Å². The molecule has 1 atom stereocenters. The number of aliphatic hydroxyl groups is 1. The first-order valence-electron chi connectivity index (χ1n) is 5.72. The van der Waals surface area contributed by atoms with Gasteiger partial charge in [-0.25, -0.2) is 0 Å². The van der Waals surface area contributed by atoms with E-state index in [1.165, 1.54) is 0 Å². The van der Waals surface area contributed by atoms with E-state index in [0.717, 1.165) is 28.6 Å². The molecule has 0 radical (unpaired) electrons. The Morgan fingerprint density at radius 1 is 1.31 bits per heavy atom. The molecular formula is C13H19BrO2. The third kappa shape index (κ3) is 3.49. The number of hydrogen-bond acceptors (Lipinski definition) is 2. The Bertz CT molecular complexity index is 333. The number of aliphatic hydroxyl groups excluding tert-OH is 1. The van der Waals surface area contributed by atoms with Crippen molar-refractivity contribution >= 4 is 15.9 Å². The molecule has 0 aliphatic carbocycles. The van der Waals surface area contributed by atoms with Gasteiger partial charge in [0.1, 0.15) is 5.75 Å². The fraction of sp³-hybridized carbons (Fsp3) is 0.538. The molecule has 16 heavy (non-hydrogen) atoms. The second-order valence-electron chi connectivity index (χ2n) is 3.91. The molecule has 3 heteroatoms. The van der Waals surface area contributed by atoms with Crippen molar-refractivity contribution in [2.45, 2.75) is 45.8 Å². The van der Waals surface area contributed by atoms with Crippen LogP contribution in [0.15, 0.2) is 22.7 Å². The minimum Gasteiger partial charge on any atom is -0.490 e. The number of benzene rings is 1. The monoisotopic (exact) mass is 286 g/mol.